The predicted molar refractivity (Wildman–Crippen MR) is 64.5 cm³/mol. The van der Waals surface area contributed by atoms with Crippen molar-refractivity contribution in [3.8, 4) is 0 Å². The summed E-state index contributed by atoms with van der Waals surface area (Å²) in [5.41, 5.74) is 0. The lowest BCUT2D eigenvalue weighted by molar-refractivity contribution is 0.143. The minimum Gasteiger partial charge on any atom is -0.380 e. The summed E-state index contributed by atoms with van der Waals surface area (Å²) in [5.74, 6) is -1.00. The highest BCUT2D eigenvalue weighted by Gasteiger charge is 2.33. The number of halogens is 1. The van der Waals surface area contributed by atoms with Crippen molar-refractivity contribution in [2.45, 2.75) is 39.0 Å². The predicted octanol–water partition coefficient (Wildman–Crippen LogP) is 3.14. The van der Waals surface area contributed by atoms with Crippen LogP contribution in [0.3, 0.4) is 0 Å². The quantitative estimate of drug-likeness (QED) is 0.404. The van der Waals surface area contributed by atoms with E-state index in [2.05, 4.69) is 15.9 Å². The van der Waals surface area contributed by atoms with Gasteiger partial charge in [-0.25, -0.2) is 0 Å². The summed E-state index contributed by atoms with van der Waals surface area (Å²) in [5, 5.41) is 10.6. The third-order valence-electron chi connectivity index (χ3n) is 1.83. The summed E-state index contributed by atoms with van der Waals surface area (Å²) in [4.78, 5) is 0. The maximum absolute atomic E-state index is 12.0. The van der Waals surface area contributed by atoms with E-state index in [4.69, 9.17) is 9.05 Å². The van der Waals surface area contributed by atoms with E-state index >= 15 is 0 Å². The van der Waals surface area contributed by atoms with Gasteiger partial charge in [0.15, 0.2) is 5.85 Å². The van der Waals surface area contributed by atoms with Crippen molar-refractivity contribution in [1.29, 1.82) is 0 Å². The molecular weight excluding hydrogens is 283 g/mol. The Bertz CT molecular complexity index is 191. The second-order valence-corrected chi connectivity index (χ2v) is 6.03. The van der Waals surface area contributed by atoms with Gasteiger partial charge in [-0.15, -0.1) is 0 Å². The van der Waals surface area contributed by atoms with Gasteiger partial charge in [-0.3, -0.25) is 4.57 Å². The van der Waals surface area contributed by atoms with Crippen LogP contribution < -0.4 is 0 Å². The Kier molecular flexibility index (Phi) is 9.05. The Labute approximate surface area is 100 Å². The van der Waals surface area contributed by atoms with Crippen LogP contribution in [0.5, 0.6) is 0 Å². The van der Waals surface area contributed by atoms with E-state index in [9.17, 15) is 9.67 Å². The molecule has 0 radical (unpaired) electrons. The van der Waals surface area contributed by atoms with E-state index in [1.807, 2.05) is 0 Å². The Morgan fingerprint density at radius 1 is 1.27 bits per heavy atom. The molecule has 0 aromatic carbocycles. The SMILES string of the molecule is CCOP(=O)(OCC)C(O)CCCCBr. The smallest absolute Gasteiger partial charge is 0.358 e. The molecule has 15 heavy (non-hydrogen) atoms. The Hall–Kier alpha value is 0.590. The zero-order chi connectivity index (χ0) is 11.7. The van der Waals surface area contributed by atoms with E-state index in [0.717, 1.165) is 18.2 Å². The van der Waals surface area contributed by atoms with Crippen molar-refractivity contribution in [2.75, 3.05) is 18.5 Å². The van der Waals surface area contributed by atoms with Gasteiger partial charge in [-0.2, -0.15) is 0 Å². The molecule has 0 aromatic rings. The Morgan fingerprint density at radius 3 is 2.20 bits per heavy atom. The van der Waals surface area contributed by atoms with Crippen LogP contribution in [0.1, 0.15) is 33.1 Å². The monoisotopic (exact) mass is 302 g/mol. The van der Waals surface area contributed by atoms with Crippen molar-refractivity contribution in [2.24, 2.45) is 0 Å². The van der Waals surface area contributed by atoms with Crippen LogP contribution in [0.2, 0.25) is 0 Å². The molecular formula is C9H20BrO4P. The highest BCUT2D eigenvalue weighted by molar-refractivity contribution is 9.09. The average molecular weight is 303 g/mol. The molecule has 0 aromatic heterocycles. The van der Waals surface area contributed by atoms with Crippen molar-refractivity contribution in [1.82, 2.24) is 0 Å². The molecule has 92 valence electrons. The van der Waals surface area contributed by atoms with Crippen LogP contribution in [0.4, 0.5) is 0 Å². The van der Waals surface area contributed by atoms with Crippen LogP contribution in [-0.2, 0) is 13.6 Å². The molecule has 0 rings (SSSR count). The topological polar surface area (TPSA) is 55.8 Å². The summed E-state index contributed by atoms with van der Waals surface area (Å²) in [6.07, 6.45) is 2.19. The van der Waals surface area contributed by atoms with E-state index in [0.29, 0.717) is 6.42 Å². The Balaban J connectivity index is 4.15. The molecule has 1 atom stereocenters. The maximum atomic E-state index is 12.0. The lowest BCUT2D eigenvalue weighted by Crippen LogP contribution is -2.12. The average Bonchev–Trinajstić information content (AvgIpc) is 2.18. The summed E-state index contributed by atoms with van der Waals surface area (Å²) in [6, 6.07) is 0. The standard InChI is InChI=1S/C9H20BrO4P/c1-3-13-15(12,14-4-2)9(11)7-5-6-8-10/h9,11H,3-8H2,1-2H3. The van der Waals surface area contributed by atoms with E-state index in [-0.39, 0.29) is 13.2 Å². The van der Waals surface area contributed by atoms with Crippen LogP contribution in [0.15, 0.2) is 0 Å². The minimum atomic E-state index is -3.31. The maximum Gasteiger partial charge on any atom is 0.358 e. The number of aliphatic hydroxyl groups excluding tert-OH is 1. The first-order valence-electron chi connectivity index (χ1n) is 5.23. The fourth-order valence-corrected chi connectivity index (χ4v) is 3.18. The molecule has 0 fully saturated rings. The van der Waals surface area contributed by atoms with Gasteiger partial charge in [0.25, 0.3) is 0 Å². The summed E-state index contributed by atoms with van der Waals surface area (Å²) in [7, 11) is -3.31. The van der Waals surface area contributed by atoms with Crippen LogP contribution in [0, 0.1) is 0 Å². The molecule has 1 unspecified atom stereocenters. The first kappa shape index (κ1) is 15.6. The number of rotatable bonds is 9. The molecule has 0 heterocycles. The lowest BCUT2D eigenvalue weighted by atomic mass is 10.3. The van der Waals surface area contributed by atoms with E-state index < -0.39 is 13.4 Å². The van der Waals surface area contributed by atoms with Gasteiger partial charge < -0.3 is 14.2 Å². The second kappa shape index (κ2) is 8.71. The highest BCUT2D eigenvalue weighted by Crippen LogP contribution is 2.53. The molecule has 0 saturated heterocycles. The Morgan fingerprint density at radius 2 is 1.80 bits per heavy atom. The van der Waals surface area contributed by atoms with Gasteiger partial charge >= 0.3 is 7.60 Å². The number of alkyl halides is 1. The fraction of sp³-hybridized carbons (Fsp3) is 1.00. The molecule has 0 aliphatic heterocycles. The van der Waals surface area contributed by atoms with Crippen LogP contribution in [0.25, 0.3) is 0 Å². The molecule has 0 spiro atoms. The van der Waals surface area contributed by atoms with Crippen molar-refractivity contribution < 1.29 is 18.7 Å². The van der Waals surface area contributed by atoms with Crippen LogP contribution in [-0.4, -0.2) is 29.5 Å². The third-order valence-corrected chi connectivity index (χ3v) is 4.61. The summed E-state index contributed by atoms with van der Waals surface area (Å²) in [6.45, 7) is 4.04. The van der Waals surface area contributed by atoms with Crippen LogP contribution >= 0.6 is 23.5 Å². The minimum absolute atomic E-state index is 0.285. The number of hydrogen-bond acceptors (Lipinski definition) is 4. The van der Waals surface area contributed by atoms with Gasteiger partial charge in [0.05, 0.1) is 13.2 Å². The van der Waals surface area contributed by atoms with Crippen molar-refractivity contribution in [3.05, 3.63) is 0 Å². The molecule has 0 aliphatic carbocycles. The molecule has 0 bridgehead atoms. The molecule has 4 nitrogen and oxygen atoms in total. The first-order valence-corrected chi connectivity index (χ1v) is 7.96. The zero-order valence-electron chi connectivity index (χ0n) is 9.32. The van der Waals surface area contributed by atoms with E-state index in [1.54, 1.807) is 13.8 Å². The molecule has 0 saturated carbocycles. The molecule has 0 amide bonds. The fourth-order valence-electron chi connectivity index (χ4n) is 1.15. The lowest BCUT2D eigenvalue weighted by Gasteiger charge is -2.22. The zero-order valence-corrected chi connectivity index (χ0v) is 11.8. The van der Waals surface area contributed by atoms with Crippen molar-refractivity contribution >= 4 is 23.5 Å². The molecule has 6 heteroatoms. The van der Waals surface area contributed by atoms with Gasteiger partial charge in [0, 0.05) is 5.33 Å². The molecule has 1 N–H and O–H groups in total. The largest absolute Gasteiger partial charge is 0.380 e. The number of aliphatic hydroxyl groups is 1. The summed E-state index contributed by atoms with van der Waals surface area (Å²) < 4.78 is 22.1. The number of hydrogen-bond donors (Lipinski definition) is 1. The van der Waals surface area contributed by atoms with E-state index in [1.165, 1.54) is 0 Å². The number of unbranched alkanes of at least 4 members (excludes halogenated alkanes) is 1. The second-order valence-electron chi connectivity index (χ2n) is 3.04. The van der Waals surface area contributed by atoms with Gasteiger partial charge in [-0.1, -0.05) is 15.9 Å². The highest BCUT2D eigenvalue weighted by atomic mass is 79.9. The normalized spacial score (nSPS) is 14.1. The van der Waals surface area contributed by atoms with Crippen molar-refractivity contribution in [3.63, 3.8) is 0 Å². The van der Waals surface area contributed by atoms with Gasteiger partial charge in [0.1, 0.15) is 0 Å². The summed E-state index contributed by atoms with van der Waals surface area (Å²) >= 11 is 3.30. The first-order chi connectivity index (χ1) is 7.10. The molecule has 0 aliphatic rings. The third kappa shape index (κ3) is 6.03. The van der Waals surface area contributed by atoms with Gasteiger partial charge in [0.2, 0.25) is 0 Å². The van der Waals surface area contributed by atoms with Gasteiger partial charge in [-0.05, 0) is 33.1 Å².